The second-order valence-electron chi connectivity index (χ2n) is 5.06. The van der Waals surface area contributed by atoms with Gasteiger partial charge in [-0.25, -0.2) is 0 Å². The van der Waals surface area contributed by atoms with E-state index in [4.69, 9.17) is 0 Å². The molecule has 1 aromatic rings. The molecule has 0 bridgehead atoms. The Balaban J connectivity index is 2.71. The molecule has 1 saturated heterocycles. The van der Waals surface area contributed by atoms with Crippen LogP contribution in [0.4, 0.5) is 27.6 Å². The van der Waals surface area contributed by atoms with Gasteiger partial charge in [0, 0.05) is 12.1 Å². The zero-order valence-electron chi connectivity index (χ0n) is 11.4. The minimum atomic E-state index is -5.38. The highest BCUT2D eigenvalue weighted by Gasteiger charge is 2.84. The fourth-order valence-corrected chi connectivity index (χ4v) is 2.54. The fourth-order valence-electron chi connectivity index (χ4n) is 2.54. The largest absolute Gasteiger partial charge is 0.410 e. The Labute approximate surface area is 121 Å². The van der Waals surface area contributed by atoms with E-state index in [1.165, 1.54) is 0 Å². The van der Waals surface area contributed by atoms with Crippen LogP contribution in [0.15, 0.2) is 24.3 Å². The second-order valence-corrected chi connectivity index (χ2v) is 5.06. The van der Waals surface area contributed by atoms with Crippen molar-refractivity contribution in [3.8, 4) is 0 Å². The first kappa shape index (κ1) is 16.6. The highest BCUT2D eigenvalue weighted by atomic mass is 19.4. The molecule has 2 atom stereocenters. The lowest BCUT2D eigenvalue weighted by Gasteiger charge is -2.56. The predicted molar refractivity (Wildman–Crippen MR) is 64.3 cm³/mol. The van der Waals surface area contributed by atoms with Gasteiger partial charge in [-0.2, -0.15) is 22.0 Å². The molecule has 1 fully saturated rings. The molecule has 5 nitrogen and oxygen atoms in total. The summed E-state index contributed by atoms with van der Waals surface area (Å²) in [6.07, 6.45) is -11.9. The normalized spacial score (nSPS) is 27.5. The van der Waals surface area contributed by atoms with Crippen LogP contribution >= 0.6 is 0 Å². The Morgan fingerprint density at radius 3 is 2.32 bits per heavy atom. The maximum Gasteiger partial charge on any atom is 0.410 e. The van der Waals surface area contributed by atoms with Crippen LogP contribution < -0.4 is 0 Å². The van der Waals surface area contributed by atoms with Gasteiger partial charge in [0.15, 0.2) is 0 Å². The van der Waals surface area contributed by atoms with E-state index in [0.717, 1.165) is 37.2 Å². The summed E-state index contributed by atoms with van der Waals surface area (Å²) >= 11 is 0. The van der Waals surface area contributed by atoms with E-state index in [-0.39, 0.29) is 0 Å². The maximum atomic E-state index is 13.8. The fraction of sp³-hybridized carbons (Fsp3) is 0.500. The number of rotatable bonds is 3. The number of alkyl halides is 5. The SMILES string of the molecule is CN(C)C1OC(F)(F)C1(c1cccc([N+](=O)[O-])c1)C(F)(F)F. The van der Waals surface area contributed by atoms with E-state index in [1.807, 2.05) is 0 Å². The molecule has 2 rings (SSSR count). The van der Waals surface area contributed by atoms with Gasteiger partial charge in [-0.3, -0.25) is 19.8 Å². The van der Waals surface area contributed by atoms with Gasteiger partial charge in [-0.05, 0) is 19.7 Å². The van der Waals surface area contributed by atoms with E-state index in [0.29, 0.717) is 6.07 Å². The third-order valence-electron chi connectivity index (χ3n) is 3.52. The summed E-state index contributed by atoms with van der Waals surface area (Å²) in [6.45, 7) is 0. The van der Waals surface area contributed by atoms with Crippen molar-refractivity contribution in [2.75, 3.05) is 14.1 Å². The minimum Gasteiger partial charge on any atom is -0.299 e. The smallest absolute Gasteiger partial charge is 0.299 e. The van der Waals surface area contributed by atoms with E-state index in [2.05, 4.69) is 4.74 Å². The number of nitrogens with zero attached hydrogens (tertiary/aromatic N) is 2. The summed E-state index contributed by atoms with van der Waals surface area (Å²) < 4.78 is 72.3. The number of likely N-dealkylation sites (N-methyl/N-ethyl adjacent to an activating group) is 1. The van der Waals surface area contributed by atoms with Crippen molar-refractivity contribution in [1.82, 2.24) is 4.90 Å². The van der Waals surface area contributed by atoms with Crippen molar-refractivity contribution < 1.29 is 31.6 Å². The number of nitro benzene ring substituents is 1. The van der Waals surface area contributed by atoms with Gasteiger partial charge < -0.3 is 0 Å². The maximum absolute atomic E-state index is 13.8. The molecule has 1 aromatic carbocycles. The first-order valence-electron chi connectivity index (χ1n) is 5.99. The van der Waals surface area contributed by atoms with Crippen molar-refractivity contribution in [2.45, 2.75) is 23.9 Å². The molecule has 0 saturated carbocycles. The molecule has 0 N–H and O–H groups in total. The molecule has 1 aliphatic heterocycles. The van der Waals surface area contributed by atoms with Crippen LogP contribution in [0.1, 0.15) is 5.56 Å². The molecule has 0 aromatic heterocycles. The van der Waals surface area contributed by atoms with Crippen molar-refractivity contribution in [3.05, 3.63) is 39.9 Å². The van der Waals surface area contributed by atoms with Gasteiger partial charge in [0.25, 0.3) is 5.69 Å². The number of non-ortho nitro benzene ring substituents is 1. The van der Waals surface area contributed by atoms with Crippen LogP contribution in [-0.4, -0.2) is 42.4 Å². The summed E-state index contributed by atoms with van der Waals surface area (Å²) in [5.74, 6) is 0. The van der Waals surface area contributed by atoms with Gasteiger partial charge in [0.1, 0.15) is 6.23 Å². The third-order valence-corrected chi connectivity index (χ3v) is 3.52. The highest BCUT2D eigenvalue weighted by molar-refractivity contribution is 5.43. The summed E-state index contributed by atoms with van der Waals surface area (Å²) in [4.78, 5) is 10.6. The molecule has 22 heavy (non-hydrogen) atoms. The summed E-state index contributed by atoms with van der Waals surface area (Å²) in [5.41, 5.74) is -5.29. The van der Waals surface area contributed by atoms with Crippen LogP contribution in [0, 0.1) is 10.1 Å². The molecular weight excluding hydrogens is 315 g/mol. The number of nitro groups is 1. The molecule has 0 spiro atoms. The molecule has 0 aliphatic carbocycles. The minimum absolute atomic E-state index is 0.500. The summed E-state index contributed by atoms with van der Waals surface area (Å²) in [6, 6.07) is 3.14. The van der Waals surface area contributed by atoms with Gasteiger partial charge in [0.05, 0.1) is 4.92 Å². The van der Waals surface area contributed by atoms with Crippen LogP contribution in [-0.2, 0) is 10.2 Å². The number of ether oxygens (including phenoxy) is 1. The number of hydrogen-bond acceptors (Lipinski definition) is 4. The highest BCUT2D eigenvalue weighted by Crippen LogP contribution is 2.62. The molecule has 1 heterocycles. The molecule has 2 unspecified atom stereocenters. The van der Waals surface area contributed by atoms with Crippen LogP contribution in [0.3, 0.4) is 0 Å². The van der Waals surface area contributed by atoms with Gasteiger partial charge in [-0.15, -0.1) is 0 Å². The number of halogens is 5. The lowest BCUT2D eigenvalue weighted by atomic mass is 9.72. The zero-order valence-corrected chi connectivity index (χ0v) is 11.4. The van der Waals surface area contributed by atoms with Crippen molar-refractivity contribution >= 4 is 5.69 Å². The van der Waals surface area contributed by atoms with Gasteiger partial charge >= 0.3 is 12.3 Å². The average Bonchev–Trinajstić information content (AvgIpc) is 2.35. The topological polar surface area (TPSA) is 55.6 Å². The zero-order chi connectivity index (χ0) is 16.9. The van der Waals surface area contributed by atoms with Gasteiger partial charge in [0.2, 0.25) is 5.41 Å². The van der Waals surface area contributed by atoms with Crippen molar-refractivity contribution in [2.24, 2.45) is 0 Å². The van der Waals surface area contributed by atoms with Crippen molar-refractivity contribution in [1.29, 1.82) is 0 Å². The Hall–Kier alpha value is -1.81. The predicted octanol–water partition coefficient (Wildman–Crippen LogP) is 2.91. The first-order valence-corrected chi connectivity index (χ1v) is 5.99. The third kappa shape index (κ3) is 2.05. The molecule has 0 amide bonds. The number of benzene rings is 1. The second kappa shape index (κ2) is 4.85. The van der Waals surface area contributed by atoms with Crippen molar-refractivity contribution in [3.63, 3.8) is 0 Å². The lowest BCUT2D eigenvalue weighted by molar-refractivity contribution is -0.486. The first-order chi connectivity index (χ1) is 9.95. The molecule has 10 heteroatoms. The molecule has 122 valence electrons. The van der Waals surface area contributed by atoms with E-state index in [9.17, 15) is 32.1 Å². The van der Waals surface area contributed by atoms with Crippen LogP contribution in [0.25, 0.3) is 0 Å². The molecular formula is C12H11F5N2O3. The van der Waals surface area contributed by atoms with E-state index >= 15 is 0 Å². The lowest BCUT2D eigenvalue weighted by Crippen LogP contribution is -2.77. The Morgan fingerprint density at radius 2 is 1.91 bits per heavy atom. The molecule has 1 aliphatic rings. The Kier molecular flexibility index (Phi) is 3.65. The summed E-state index contributed by atoms with van der Waals surface area (Å²) in [5, 5.41) is 10.7. The van der Waals surface area contributed by atoms with E-state index < -0.39 is 40.1 Å². The Bertz CT molecular complexity index is 593. The average molecular weight is 326 g/mol. The van der Waals surface area contributed by atoms with Crippen LogP contribution in [0.2, 0.25) is 0 Å². The monoisotopic (exact) mass is 326 g/mol. The summed E-state index contributed by atoms with van der Waals surface area (Å²) in [7, 11) is 2.30. The van der Waals surface area contributed by atoms with E-state index in [1.54, 1.807) is 0 Å². The van der Waals surface area contributed by atoms with Gasteiger partial charge in [-0.1, -0.05) is 12.1 Å². The standard InChI is InChI=1S/C12H11F5N2O3/c1-18(2)9-10(11(13,14)15,12(16,17)22-9)7-4-3-5-8(6-7)19(20)21/h3-6,9H,1-2H3. The number of hydrogen-bond donors (Lipinski definition) is 0. The molecule has 0 radical (unpaired) electrons. The van der Waals surface area contributed by atoms with Crippen LogP contribution in [0.5, 0.6) is 0 Å². The Morgan fingerprint density at radius 1 is 1.32 bits per heavy atom. The quantitative estimate of drug-likeness (QED) is 0.487.